The molecule has 1 atom stereocenters. The zero-order chi connectivity index (χ0) is 16.4. The molecule has 0 saturated heterocycles. The summed E-state index contributed by atoms with van der Waals surface area (Å²) in [6, 6.07) is 1.53. The van der Waals surface area contributed by atoms with Crippen LogP contribution in [0.1, 0.15) is 9.88 Å². The van der Waals surface area contributed by atoms with Gasteiger partial charge < -0.3 is 16.2 Å². The third-order valence-corrected chi connectivity index (χ3v) is 6.54. The lowest BCUT2D eigenvalue weighted by atomic mass is 10.2. The SMILES string of the molecule is Cl.Cl.NC(CO)Cc1sc2c(NCc3nccs3)cc(Cl)nc2c1Br. The van der Waals surface area contributed by atoms with Gasteiger partial charge in [0.25, 0.3) is 0 Å². The van der Waals surface area contributed by atoms with Gasteiger partial charge in [-0.25, -0.2) is 9.97 Å². The van der Waals surface area contributed by atoms with E-state index in [1.165, 1.54) is 0 Å². The Morgan fingerprint density at radius 1 is 1.40 bits per heavy atom. The van der Waals surface area contributed by atoms with Gasteiger partial charge in [-0.1, -0.05) is 11.6 Å². The molecule has 25 heavy (non-hydrogen) atoms. The topological polar surface area (TPSA) is 84.1 Å². The number of rotatable bonds is 6. The highest BCUT2D eigenvalue weighted by Gasteiger charge is 2.17. The molecule has 0 aliphatic carbocycles. The number of aromatic nitrogens is 2. The average Bonchev–Trinajstić information content (AvgIpc) is 3.15. The maximum absolute atomic E-state index is 9.16. The zero-order valence-corrected chi connectivity index (χ0v) is 18.3. The third kappa shape index (κ3) is 5.40. The van der Waals surface area contributed by atoms with E-state index in [4.69, 9.17) is 22.4 Å². The first-order valence-electron chi connectivity index (χ1n) is 6.84. The van der Waals surface area contributed by atoms with E-state index in [2.05, 4.69) is 31.2 Å². The highest BCUT2D eigenvalue weighted by Crippen LogP contribution is 2.40. The molecule has 3 aromatic heterocycles. The van der Waals surface area contributed by atoms with Crippen molar-refractivity contribution >= 4 is 90.9 Å². The van der Waals surface area contributed by atoms with Gasteiger partial charge in [-0.3, -0.25) is 0 Å². The Hall–Kier alpha value is -0.190. The second-order valence-electron chi connectivity index (χ2n) is 4.94. The highest BCUT2D eigenvalue weighted by atomic mass is 79.9. The first-order valence-corrected chi connectivity index (χ1v) is 9.71. The minimum atomic E-state index is -0.290. The van der Waals surface area contributed by atoms with Crippen LogP contribution < -0.4 is 11.1 Å². The van der Waals surface area contributed by atoms with Crippen molar-refractivity contribution in [1.82, 2.24) is 9.97 Å². The van der Waals surface area contributed by atoms with Crippen LogP contribution in [-0.4, -0.2) is 27.7 Å². The van der Waals surface area contributed by atoms with Crippen LogP contribution in [0.2, 0.25) is 5.15 Å². The molecule has 5 nitrogen and oxygen atoms in total. The summed E-state index contributed by atoms with van der Waals surface area (Å²) in [7, 11) is 0. The molecular formula is C14H16BrCl3N4OS2. The summed E-state index contributed by atoms with van der Waals surface area (Å²) in [5.74, 6) is 0. The van der Waals surface area contributed by atoms with E-state index in [0.29, 0.717) is 18.1 Å². The lowest BCUT2D eigenvalue weighted by Crippen LogP contribution is -2.26. The Kier molecular flexibility index (Phi) is 9.34. The van der Waals surface area contributed by atoms with Crippen LogP contribution >= 0.6 is 75.0 Å². The van der Waals surface area contributed by atoms with Crippen LogP contribution in [0.5, 0.6) is 0 Å². The molecule has 3 rings (SSSR count). The Labute approximate surface area is 179 Å². The number of thiazole rings is 1. The maximum Gasteiger partial charge on any atom is 0.131 e. The number of aliphatic hydroxyl groups is 1. The fourth-order valence-corrected chi connectivity index (χ4v) is 4.92. The summed E-state index contributed by atoms with van der Waals surface area (Å²) < 4.78 is 1.90. The molecule has 4 N–H and O–H groups in total. The number of hydrogen-bond donors (Lipinski definition) is 3. The molecule has 0 amide bonds. The fraction of sp³-hybridized carbons (Fsp3) is 0.286. The molecule has 3 aromatic rings. The Bertz CT molecular complexity index is 816. The Morgan fingerprint density at radius 2 is 2.16 bits per heavy atom. The van der Waals surface area contributed by atoms with Crippen molar-refractivity contribution in [2.75, 3.05) is 11.9 Å². The molecule has 0 fully saturated rings. The molecule has 138 valence electrons. The van der Waals surface area contributed by atoms with Crippen molar-refractivity contribution in [1.29, 1.82) is 0 Å². The van der Waals surface area contributed by atoms with E-state index in [9.17, 15) is 0 Å². The fourth-order valence-electron chi connectivity index (χ4n) is 2.13. The molecule has 0 aromatic carbocycles. The van der Waals surface area contributed by atoms with Gasteiger partial charge in [-0.05, 0) is 15.9 Å². The van der Waals surface area contributed by atoms with Crippen LogP contribution in [0.3, 0.4) is 0 Å². The van der Waals surface area contributed by atoms with E-state index < -0.39 is 0 Å². The summed E-state index contributed by atoms with van der Waals surface area (Å²) in [6.07, 6.45) is 2.37. The monoisotopic (exact) mass is 504 g/mol. The summed E-state index contributed by atoms with van der Waals surface area (Å²) in [5, 5.41) is 15.9. The molecule has 0 radical (unpaired) electrons. The molecular weight excluding hydrogens is 491 g/mol. The molecule has 0 aliphatic heterocycles. The van der Waals surface area contributed by atoms with E-state index in [-0.39, 0.29) is 37.5 Å². The molecule has 0 spiro atoms. The first-order chi connectivity index (χ1) is 11.1. The standard InChI is InChI=1S/C14H14BrClN4OS2.2ClH/c15-12-9(3-7(17)6-21)23-14-8(4-10(16)20-13(12)14)19-5-11-18-1-2-22-11;;/h1-2,4,7,21H,3,5-6,17H2,(H,19,20);2*1H. The lowest BCUT2D eigenvalue weighted by molar-refractivity contribution is 0.265. The van der Waals surface area contributed by atoms with E-state index >= 15 is 0 Å². The van der Waals surface area contributed by atoms with E-state index in [0.717, 1.165) is 30.3 Å². The molecule has 3 heterocycles. The van der Waals surface area contributed by atoms with Crippen molar-refractivity contribution in [3.05, 3.63) is 37.2 Å². The van der Waals surface area contributed by atoms with E-state index in [1.807, 2.05) is 11.4 Å². The normalized spacial score (nSPS) is 11.7. The van der Waals surface area contributed by atoms with Gasteiger partial charge in [0.05, 0.1) is 33.5 Å². The quantitative estimate of drug-likeness (QED) is 0.429. The van der Waals surface area contributed by atoms with Gasteiger partial charge in [-0.15, -0.1) is 47.5 Å². The first kappa shape index (κ1) is 22.9. The molecule has 0 saturated carbocycles. The highest BCUT2D eigenvalue weighted by molar-refractivity contribution is 9.10. The summed E-state index contributed by atoms with van der Waals surface area (Å²) in [4.78, 5) is 9.72. The lowest BCUT2D eigenvalue weighted by Gasteiger charge is -2.06. The van der Waals surface area contributed by atoms with Crippen LogP contribution in [0.15, 0.2) is 22.1 Å². The second kappa shape index (κ2) is 10.2. The van der Waals surface area contributed by atoms with Crippen molar-refractivity contribution in [3.8, 4) is 0 Å². The largest absolute Gasteiger partial charge is 0.395 e. The molecule has 0 aliphatic rings. The van der Waals surface area contributed by atoms with Gasteiger partial charge in [0.2, 0.25) is 0 Å². The van der Waals surface area contributed by atoms with Gasteiger partial charge in [0, 0.05) is 35.0 Å². The molecule has 11 heteroatoms. The number of hydrogen-bond acceptors (Lipinski definition) is 7. The minimum Gasteiger partial charge on any atom is -0.395 e. The van der Waals surface area contributed by atoms with Crippen molar-refractivity contribution in [2.45, 2.75) is 19.0 Å². The van der Waals surface area contributed by atoms with Gasteiger partial charge in [0.15, 0.2) is 0 Å². The minimum absolute atomic E-state index is 0. The number of thiophene rings is 1. The Balaban J connectivity index is 0.00000156. The van der Waals surface area contributed by atoms with Crippen LogP contribution in [0.4, 0.5) is 5.69 Å². The summed E-state index contributed by atoms with van der Waals surface area (Å²) in [5.41, 5.74) is 7.58. The maximum atomic E-state index is 9.16. The number of halogens is 4. The van der Waals surface area contributed by atoms with Crippen LogP contribution in [0, 0.1) is 0 Å². The number of pyridine rings is 1. The number of nitrogens with one attached hydrogen (secondary N) is 1. The Morgan fingerprint density at radius 3 is 2.80 bits per heavy atom. The predicted octanol–water partition coefficient (Wildman–Crippen LogP) is 4.49. The van der Waals surface area contributed by atoms with Crippen LogP contribution in [-0.2, 0) is 13.0 Å². The number of anilines is 1. The predicted molar refractivity (Wildman–Crippen MR) is 115 cm³/mol. The average molecular weight is 507 g/mol. The third-order valence-electron chi connectivity index (χ3n) is 3.22. The summed E-state index contributed by atoms with van der Waals surface area (Å²) >= 11 is 12.9. The number of fused-ring (bicyclic) bond motifs is 1. The zero-order valence-electron chi connectivity index (χ0n) is 12.7. The van der Waals surface area contributed by atoms with E-state index in [1.54, 1.807) is 28.9 Å². The van der Waals surface area contributed by atoms with Crippen molar-refractivity contribution in [2.24, 2.45) is 5.73 Å². The van der Waals surface area contributed by atoms with Gasteiger partial charge in [0.1, 0.15) is 10.2 Å². The van der Waals surface area contributed by atoms with Crippen LogP contribution in [0.25, 0.3) is 10.2 Å². The molecule has 0 bridgehead atoms. The van der Waals surface area contributed by atoms with Gasteiger partial charge >= 0.3 is 0 Å². The smallest absolute Gasteiger partial charge is 0.131 e. The number of nitrogens with two attached hydrogens (primary N) is 1. The van der Waals surface area contributed by atoms with Crippen molar-refractivity contribution < 1.29 is 5.11 Å². The summed E-state index contributed by atoms with van der Waals surface area (Å²) in [6.45, 7) is 0.581. The van der Waals surface area contributed by atoms with Crippen molar-refractivity contribution in [3.63, 3.8) is 0 Å². The number of aliphatic hydroxyl groups excluding tert-OH is 1. The number of nitrogens with zero attached hydrogens (tertiary/aromatic N) is 2. The second-order valence-corrected chi connectivity index (χ2v) is 8.20. The molecule has 1 unspecified atom stereocenters. The van der Waals surface area contributed by atoms with Gasteiger partial charge in [-0.2, -0.15) is 0 Å².